The van der Waals surface area contributed by atoms with Crippen LogP contribution in [0.25, 0.3) is 10.9 Å². The molecule has 0 spiro atoms. The van der Waals surface area contributed by atoms with E-state index in [-0.39, 0.29) is 18.2 Å². The lowest BCUT2D eigenvalue weighted by molar-refractivity contribution is -0.115. The third kappa shape index (κ3) is 4.65. The van der Waals surface area contributed by atoms with Crippen LogP contribution >= 0.6 is 0 Å². The number of benzene rings is 3. The van der Waals surface area contributed by atoms with Gasteiger partial charge in [0.25, 0.3) is 5.91 Å². The van der Waals surface area contributed by atoms with Gasteiger partial charge in [0.15, 0.2) is 0 Å². The van der Waals surface area contributed by atoms with Crippen LogP contribution in [0, 0.1) is 0 Å². The molecule has 2 N–H and O–H groups in total. The van der Waals surface area contributed by atoms with Crippen molar-refractivity contribution in [2.24, 2.45) is 0 Å². The molecule has 0 aliphatic heterocycles. The SMILES string of the molecule is O=C(Cc1ccccc1)Nc1cccc(C(=O)Nc2ccc3ccccc3n2)c1. The maximum absolute atomic E-state index is 12.6. The second-order valence-electron chi connectivity index (χ2n) is 6.63. The van der Waals surface area contributed by atoms with E-state index in [1.807, 2.05) is 60.7 Å². The van der Waals surface area contributed by atoms with Crippen LogP contribution in [0.5, 0.6) is 0 Å². The van der Waals surface area contributed by atoms with Crippen molar-refractivity contribution >= 4 is 34.2 Å². The van der Waals surface area contributed by atoms with Gasteiger partial charge in [0.1, 0.15) is 5.82 Å². The molecule has 29 heavy (non-hydrogen) atoms. The Labute approximate surface area is 168 Å². The number of fused-ring (bicyclic) bond motifs is 1. The lowest BCUT2D eigenvalue weighted by Gasteiger charge is -2.09. The molecule has 0 fully saturated rings. The van der Waals surface area contributed by atoms with E-state index in [2.05, 4.69) is 15.6 Å². The first-order valence-electron chi connectivity index (χ1n) is 9.28. The second kappa shape index (κ2) is 8.35. The van der Waals surface area contributed by atoms with Crippen molar-refractivity contribution in [3.8, 4) is 0 Å². The fourth-order valence-corrected chi connectivity index (χ4v) is 3.05. The smallest absolute Gasteiger partial charge is 0.256 e. The topological polar surface area (TPSA) is 71.1 Å². The van der Waals surface area contributed by atoms with Crippen LogP contribution in [0.15, 0.2) is 91.0 Å². The number of anilines is 2. The summed E-state index contributed by atoms with van der Waals surface area (Å²) in [5, 5.41) is 6.66. The maximum atomic E-state index is 12.6. The number of carbonyl (C=O) groups excluding carboxylic acids is 2. The Hall–Kier alpha value is -3.99. The molecule has 3 aromatic carbocycles. The van der Waals surface area contributed by atoms with Crippen molar-refractivity contribution in [1.82, 2.24) is 4.98 Å². The number of amides is 2. The number of carbonyl (C=O) groups is 2. The lowest BCUT2D eigenvalue weighted by atomic mass is 10.1. The average molecular weight is 381 g/mol. The molecule has 2 amide bonds. The van der Waals surface area contributed by atoms with Gasteiger partial charge in [0, 0.05) is 16.6 Å². The molecule has 5 nitrogen and oxygen atoms in total. The molecule has 0 atom stereocenters. The molecule has 1 heterocycles. The highest BCUT2D eigenvalue weighted by Gasteiger charge is 2.10. The van der Waals surface area contributed by atoms with E-state index in [0.29, 0.717) is 17.1 Å². The van der Waals surface area contributed by atoms with Crippen LogP contribution < -0.4 is 10.6 Å². The van der Waals surface area contributed by atoms with Gasteiger partial charge in [-0.3, -0.25) is 9.59 Å². The molecular formula is C24H19N3O2. The molecule has 0 aliphatic carbocycles. The Morgan fingerprint density at radius 3 is 2.41 bits per heavy atom. The van der Waals surface area contributed by atoms with E-state index in [9.17, 15) is 9.59 Å². The zero-order valence-corrected chi connectivity index (χ0v) is 15.6. The number of hydrogen-bond donors (Lipinski definition) is 2. The molecule has 0 unspecified atom stereocenters. The summed E-state index contributed by atoms with van der Waals surface area (Å²) < 4.78 is 0. The van der Waals surface area contributed by atoms with Crippen LogP contribution in [0.3, 0.4) is 0 Å². The normalized spacial score (nSPS) is 10.5. The van der Waals surface area contributed by atoms with Crippen molar-refractivity contribution < 1.29 is 9.59 Å². The van der Waals surface area contributed by atoms with Gasteiger partial charge in [0.2, 0.25) is 5.91 Å². The zero-order chi connectivity index (χ0) is 20.1. The number of hydrogen-bond acceptors (Lipinski definition) is 3. The summed E-state index contributed by atoms with van der Waals surface area (Å²) in [6, 6.07) is 27.8. The zero-order valence-electron chi connectivity index (χ0n) is 15.6. The van der Waals surface area contributed by atoms with Crippen molar-refractivity contribution in [3.63, 3.8) is 0 Å². The fraction of sp³-hybridized carbons (Fsp3) is 0.0417. The lowest BCUT2D eigenvalue weighted by Crippen LogP contribution is -2.16. The molecule has 0 radical (unpaired) electrons. The van der Waals surface area contributed by atoms with Crippen LogP contribution in [0.1, 0.15) is 15.9 Å². The molecule has 142 valence electrons. The second-order valence-corrected chi connectivity index (χ2v) is 6.63. The van der Waals surface area contributed by atoms with Gasteiger partial charge < -0.3 is 10.6 Å². The predicted molar refractivity (Wildman–Crippen MR) is 115 cm³/mol. The minimum Gasteiger partial charge on any atom is -0.326 e. The summed E-state index contributed by atoms with van der Waals surface area (Å²) in [7, 11) is 0. The number of pyridine rings is 1. The first-order valence-corrected chi connectivity index (χ1v) is 9.28. The Morgan fingerprint density at radius 1 is 0.759 bits per heavy atom. The predicted octanol–water partition coefficient (Wildman–Crippen LogP) is 4.67. The highest BCUT2D eigenvalue weighted by atomic mass is 16.2. The molecule has 4 rings (SSSR count). The van der Waals surface area contributed by atoms with E-state index in [1.165, 1.54) is 0 Å². The molecular weight excluding hydrogens is 362 g/mol. The third-order valence-electron chi connectivity index (χ3n) is 4.46. The first kappa shape index (κ1) is 18.4. The Kier molecular flexibility index (Phi) is 5.29. The summed E-state index contributed by atoms with van der Waals surface area (Å²) in [4.78, 5) is 29.3. The van der Waals surface area contributed by atoms with Gasteiger partial charge in [-0.2, -0.15) is 0 Å². The third-order valence-corrected chi connectivity index (χ3v) is 4.46. The van der Waals surface area contributed by atoms with Gasteiger partial charge in [-0.15, -0.1) is 0 Å². The van der Waals surface area contributed by atoms with E-state index in [4.69, 9.17) is 0 Å². The monoisotopic (exact) mass is 381 g/mol. The van der Waals surface area contributed by atoms with E-state index in [1.54, 1.807) is 30.3 Å². The number of para-hydroxylation sites is 1. The number of nitrogens with one attached hydrogen (secondary N) is 2. The summed E-state index contributed by atoms with van der Waals surface area (Å²) in [6.07, 6.45) is 0.276. The summed E-state index contributed by atoms with van der Waals surface area (Å²) >= 11 is 0. The molecule has 4 aromatic rings. The molecule has 0 saturated heterocycles. The Morgan fingerprint density at radius 2 is 1.55 bits per heavy atom. The van der Waals surface area contributed by atoms with Crippen molar-refractivity contribution in [2.45, 2.75) is 6.42 Å². The largest absolute Gasteiger partial charge is 0.326 e. The summed E-state index contributed by atoms with van der Waals surface area (Å²) in [6.45, 7) is 0. The van der Waals surface area contributed by atoms with Crippen LogP contribution in [-0.2, 0) is 11.2 Å². The van der Waals surface area contributed by atoms with Gasteiger partial charge >= 0.3 is 0 Å². The molecule has 0 bridgehead atoms. The Balaban J connectivity index is 1.44. The first-order chi connectivity index (χ1) is 14.2. The van der Waals surface area contributed by atoms with Gasteiger partial charge in [-0.05, 0) is 42.0 Å². The van der Waals surface area contributed by atoms with Crippen LogP contribution in [-0.4, -0.2) is 16.8 Å². The minimum absolute atomic E-state index is 0.134. The van der Waals surface area contributed by atoms with Gasteiger partial charge in [0.05, 0.1) is 11.9 Å². The van der Waals surface area contributed by atoms with E-state index >= 15 is 0 Å². The van der Waals surface area contributed by atoms with Crippen molar-refractivity contribution in [3.05, 3.63) is 102 Å². The van der Waals surface area contributed by atoms with Crippen LogP contribution in [0.4, 0.5) is 11.5 Å². The fourth-order valence-electron chi connectivity index (χ4n) is 3.05. The molecule has 1 aromatic heterocycles. The highest BCUT2D eigenvalue weighted by molar-refractivity contribution is 6.05. The maximum Gasteiger partial charge on any atom is 0.256 e. The number of nitrogens with zero attached hydrogens (tertiary/aromatic N) is 1. The molecule has 5 heteroatoms. The quantitative estimate of drug-likeness (QED) is 0.528. The van der Waals surface area contributed by atoms with Gasteiger partial charge in [-0.1, -0.05) is 54.6 Å². The summed E-state index contributed by atoms with van der Waals surface area (Å²) in [5.41, 5.74) is 2.76. The van der Waals surface area contributed by atoms with E-state index < -0.39 is 0 Å². The highest BCUT2D eigenvalue weighted by Crippen LogP contribution is 2.17. The van der Waals surface area contributed by atoms with Crippen molar-refractivity contribution in [2.75, 3.05) is 10.6 Å². The average Bonchev–Trinajstić information content (AvgIpc) is 2.74. The minimum atomic E-state index is -0.285. The molecule has 0 saturated carbocycles. The summed E-state index contributed by atoms with van der Waals surface area (Å²) in [5.74, 6) is 0.0594. The van der Waals surface area contributed by atoms with Gasteiger partial charge in [-0.25, -0.2) is 4.98 Å². The standard InChI is InChI=1S/C24H19N3O2/c28-23(15-17-7-2-1-3-8-17)25-20-11-6-10-19(16-20)24(29)27-22-14-13-18-9-4-5-12-21(18)26-22/h1-14,16H,15H2,(H,25,28)(H,26,27,29). The van der Waals surface area contributed by atoms with E-state index in [0.717, 1.165) is 16.5 Å². The van der Waals surface area contributed by atoms with Crippen molar-refractivity contribution in [1.29, 1.82) is 0 Å². The molecule has 0 aliphatic rings. The number of aromatic nitrogens is 1. The van der Waals surface area contributed by atoms with Crippen LogP contribution in [0.2, 0.25) is 0 Å². The number of rotatable bonds is 5. The Bertz CT molecular complexity index is 1170.